The van der Waals surface area contributed by atoms with Gasteiger partial charge in [-0.1, -0.05) is 24.8 Å². The van der Waals surface area contributed by atoms with Crippen molar-refractivity contribution >= 4 is 27.8 Å². The van der Waals surface area contributed by atoms with E-state index in [9.17, 15) is 4.79 Å². The third-order valence-electron chi connectivity index (χ3n) is 3.19. The fourth-order valence-corrected chi connectivity index (χ4v) is 2.91. The molecule has 5 nitrogen and oxygen atoms in total. The molecule has 116 valence electrons. The minimum absolute atomic E-state index is 0.163. The standard InChI is InChI=1S/C17H15N3O2S/c1-3-8-22-14-6-4-5-13(10-14)11-18-20-12(2)19-16-15(17(20)21)7-9-23-16/h3-7,9-11H,1,8H2,2H3/b18-11-. The summed E-state index contributed by atoms with van der Waals surface area (Å²) in [5, 5.41) is 6.71. The zero-order valence-electron chi connectivity index (χ0n) is 12.6. The van der Waals surface area contributed by atoms with Crippen LogP contribution in [0.5, 0.6) is 5.75 Å². The van der Waals surface area contributed by atoms with Gasteiger partial charge in [-0.15, -0.1) is 11.3 Å². The zero-order valence-corrected chi connectivity index (χ0v) is 13.4. The fourth-order valence-electron chi connectivity index (χ4n) is 2.11. The Labute approximate surface area is 137 Å². The molecule has 0 unspecified atom stereocenters. The molecule has 0 aliphatic rings. The first-order valence-corrected chi connectivity index (χ1v) is 7.92. The van der Waals surface area contributed by atoms with Crippen molar-refractivity contribution in [3.8, 4) is 5.75 Å². The summed E-state index contributed by atoms with van der Waals surface area (Å²) >= 11 is 1.45. The van der Waals surface area contributed by atoms with Crippen LogP contribution < -0.4 is 10.3 Å². The number of aromatic nitrogens is 2. The first-order valence-electron chi connectivity index (χ1n) is 7.04. The Morgan fingerprint density at radius 1 is 1.43 bits per heavy atom. The summed E-state index contributed by atoms with van der Waals surface area (Å²) in [7, 11) is 0. The molecule has 0 fully saturated rings. The number of fused-ring (bicyclic) bond motifs is 1. The molecular formula is C17H15N3O2S. The normalized spacial score (nSPS) is 11.2. The summed E-state index contributed by atoms with van der Waals surface area (Å²) in [4.78, 5) is 17.6. The van der Waals surface area contributed by atoms with Gasteiger partial charge in [-0.2, -0.15) is 9.78 Å². The molecule has 6 heteroatoms. The summed E-state index contributed by atoms with van der Waals surface area (Å²) in [5.41, 5.74) is 0.673. The molecule has 0 spiro atoms. The van der Waals surface area contributed by atoms with Gasteiger partial charge in [0.25, 0.3) is 5.56 Å². The average Bonchev–Trinajstić information content (AvgIpc) is 3.01. The van der Waals surface area contributed by atoms with Crippen LogP contribution in [-0.4, -0.2) is 22.5 Å². The van der Waals surface area contributed by atoms with Gasteiger partial charge in [0.15, 0.2) is 0 Å². The van der Waals surface area contributed by atoms with E-state index in [2.05, 4.69) is 16.7 Å². The van der Waals surface area contributed by atoms with E-state index in [4.69, 9.17) is 4.74 Å². The minimum Gasteiger partial charge on any atom is -0.490 e. The number of aryl methyl sites for hydroxylation is 1. The van der Waals surface area contributed by atoms with Crippen molar-refractivity contribution in [1.82, 2.24) is 9.66 Å². The lowest BCUT2D eigenvalue weighted by Crippen LogP contribution is -2.19. The number of benzene rings is 1. The van der Waals surface area contributed by atoms with Crippen LogP contribution in [0, 0.1) is 6.92 Å². The minimum atomic E-state index is -0.163. The fraction of sp³-hybridized carbons (Fsp3) is 0.118. The van der Waals surface area contributed by atoms with E-state index in [0.717, 1.165) is 16.1 Å². The van der Waals surface area contributed by atoms with E-state index in [-0.39, 0.29) is 5.56 Å². The van der Waals surface area contributed by atoms with Crippen LogP contribution in [0.1, 0.15) is 11.4 Å². The number of ether oxygens (including phenoxy) is 1. The molecule has 1 aromatic carbocycles. The lowest BCUT2D eigenvalue weighted by Gasteiger charge is -2.04. The molecule has 23 heavy (non-hydrogen) atoms. The molecule has 2 aromatic heterocycles. The summed E-state index contributed by atoms with van der Waals surface area (Å²) in [6.45, 7) is 5.83. The second-order valence-corrected chi connectivity index (χ2v) is 5.73. The van der Waals surface area contributed by atoms with Crippen molar-refractivity contribution in [2.75, 3.05) is 6.61 Å². The van der Waals surface area contributed by atoms with Gasteiger partial charge in [0.2, 0.25) is 0 Å². The Bertz CT molecular complexity index is 940. The quantitative estimate of drug-likeness (QED) is 0.534. The molecule has 0 radical (unpaired) electrons. The molecule has 2 heterocycles. The smallest absolute Gasteiger partial charge is 0.282 e. The SMILES string of the molecule is C=CCOc1cccc(/C=N\n2c(C)nc3sccc3c2=O)c1. The van der Waals surface area contributed by atoms with Crippen molar-refractivity contribution < 1.29 is 4.74 Å². The van der Waals surface area contributed by atoms with Gasteiger partial charge < -0.3 is 4.74 Å². The van der Waals surface area contributed by atoms with Crippen molar-refractivity contribution in [2.45, 2.75) is 6.92 Å². The van der Waals surface area contributed by atoms with Gasteiger partial charge in [-0.25, -0.2) is 4.98 Å². The Morgan fingerprint density at radius 2 is 2.30 bits per heavy atom. The molecule has 0 aliphatic carbocycles. The highest BCUT2D eigenvalue weighted by Gasteiger charge is 2.07. The maximum atomic E-state index is 12.4. The highest BCUT2D eigenvalue weighted by Crippen LogP contribution is 2.15. The highest BCUT2D eigenvalue weighted by molar-refractivity contribution is 7.16. The van der Waals surface area contributed by atoms with Crippen LogP contribution in [-0.2, 0) is 0 Å². The maximum absolute atomic E-state index is 12.4. The topological polar surface area (TPSA) is 56.5 Å². The molecular weight excluding hydrogens is 310 g/mol. The van der Waals surface area contributed by atoms with Crippen LogP contribution in [0.3, 0.4) is 0 Å². The molecule has 0 saturated carbocycles. The van der Waals surface area contributed by atoms with E-state index < -0.39 is 0 Å². The monoisotopic (exact) mass is 325 g/mol. The summed E-state index contributed by atoms with van der Waals surface area (Å²) in [6.07, 6.45) is 3.31. The Morgan fingerprint density at radius 3 is 3.13 bits per heavy atom. The van der Waals surface area contributed by atoms with Gasteiger partial charge in [-0.3, -0.25) is 4.79 Å². The van der Waals surface area contributed by atoms with E-state index >= 15 is 0 Å². The number of nitrogens with zero attached hydrogens (tertiary/aromatic N) is 3. The van der Waals surface area contributed by atoms with Crippen LogP contribution in [0.4, 0.5) is 0 Å². The first-order chi connectivity index (χ1) is 11.2. The molecule has 3 rings (SSSR count). The number of thiophene rings is 1. The third-order valence-corrected chi connectivity index (χ3v) is 3.99. The molecule has 0 atom stereocenters. The largest absolute Gasteiger partial charge is 0.490 e. The second-order valence-electron chi connectivity index (χ2n) is 4.83. The molecule has 0 bridgehead atoms. The first kappa shape index (κ1) is 15.2. The summed E-state index contributed by atoms with van der Waals surface area (Å²) < 4.78 is 6.80. The lowest BCUT2D eigenvalue weighted by molar-refractivity contribution is 0.363. The predicted octanol–water partition coefficient (Wildman–Crippen LogP) is 3.21. The Hall–Kier alpha value is -2.73. The molecule has 0 aliphatic heterocycles. The Kier molecular flexibility index (Phi) is 4.34. The van der Waals surface area contributed by atoms with E-state index in [1.165, 1.54) is 16.0 Å². The van der Waals surface area contributed by atoms with Crippen LogP contribution in [0.2, 0.25) is 0 Å². The molecule has 0 amide bonds. The van der Waals surface area contributed by atoms with Gasteiger partial charge in [0.1, 0.15) is 23.0 Å². The van der Waals surface area contributed by atoms with Gasteiger partial charge in [-0.05, 0) is 36.1 Å². The third kappa shape index (κ3) is 3.22. The van der Waals surface area contributed by atoms with Crippen molar-refractivity contribution in [3.63, 3.8) is 0 Å². The zero-order chi connectivity index (χ0) is 16.2. The van der Waals surface area contributed by atoms with E-state index in [1.54, 1.807) is 25.3 Å². The van der Waals surface area contributed by atoms with Crippen LogP contribution in [0.15, 0.2) is 58.3 Å². The van der Waals surface area contributed by atoms with E-state index in [0.29, 0.717) is 17.8 Å². The van der Waals surface area contributed by atoms with Gasteiger partial charge >= 0.3 is 0 Å². The van der Waals surface area contributed by atoms with Gasteiger partial charge in [0.05, 0.1) is 11.6 Å². The number of rotatable bonds is 5. The van der Waals surface area contributed by atoms with Crippen molar-refractivity contribution in [1.29, 1.82) is 0 Å². The average molecular weight is 325 g/mol. The number of hydrogen-bond donors (Lipinski definition) is 0. The molecule has 3 aromatic rings. The molecule has 0 N–H and O–H groups in total. The molecule has 0 saturated heterocycles. The van der Waals surface area contributed by atoms with Crippen LogP contribution >= 0.6 is 11.3 Å². The van der Waals surface area contributed by atoms with Crippen molar-refractivity contribution in [3.05, 3.63) is 70.1 Å². The summed E-state index contributed by atoms with van der Waals surface area (Å²) in [5.74, 6) is 1.28. The van der Waals surface area contributed by atoms with E-state index in [1.807, 2.05) is 29.6 Å². The highest BCUT2D eigenvalue weighted by atomic mass is 32.1. The lowest BCUT2D eigenvalue weighted by atomic mass is 10.2. The number of hydrogen-bond acceptors (Lipinski definition) is 5. The Balaban J connectivity index is 1.94. The van der Waals surface area contributed by atoms with Crippen LogP contribution in [0.25, 0.3) is 10.2 Å². The van der Waals surface area contributed by atoms with Gasteiger partial charge in [0, 0.05) is 0 Å². The summed E-state index contributed by atoms with van der Waals surface area (Å²) in [6, 6.07) is 9.24. The van der Waals surface area contributed by atoms with Crippen molar-refractivity contribution in [2.24, 2.45) is 5.10 Å². The predicted molar refractivity (Wildman–Crippen MR) is 93.7 cm³/mol. The second kappa shape index (κ2) is 6.58. The maximum Gasteiger partial charge on any atom is 0.282 e.